The Kier molecular flexibility index (Phi) is 3.63. The number of nitrogens with zero attached hydrogens (tertiary/aromatic N) is 3. The van der Waals surface area contributed by atoms with Crippen LogP contribution in [0.1, 0.15) is 30.5 Å². The largest absolute Gasteiger partial charge is 0.481 e. The van der Waals surface area contributed by atoms with Crippen LogP contribution in [-0.2, 0) is 11.2 Å². The van der Waals surface area contributed by atoms with E-state index < -0.39 is 0 Å². The summed E-state index contributed by atoms with van der Waals surface area (Å²) in [6.45, 7) is 2.02. The standard InChI is InChI=1S/C19H19N3O2/c1-11-13-3-4-15-17(14(13)5-6-16(11)23)21-18(22-19(15)24-2)12-7-9-20-10-8-12/h5-11,13-14H,3-4H2,1-2H3. The molecule has 0 N–H and O–H groups in total. The second kappa shape index (κ2) is 5.82. The summed E-state index contributed by atoms with van der Waals surface area (Å²) in [6.07, 6.45) is 8.99. The Labute approximate surface area is 140 Å². The Hall–Kier alpha value is -2.56. The molecule has 2 heterocycles. The highest BCUT2D eigenvalue weighted by Crippen LogP contribution is 2.45. The average Bonchev–Trinajstić information content (AvgIpc) is 2.64. The molecule has 2 aliphatic rings. The van der Waals surface area contributed by atoms with Crippen molar-refractivity contribution in [2.24, 2.45) is 11.8 Å². The molecule has 0 bridgehead atoms. The number of allylic oxidation sites excluding steroid dienone is 2. The monoisotopic (exact) mass is 321 g/mol. The number of hydrogen-bond acceptors (Lipinski definition) is 5. The van der Waals surface area contributed by atoms with Gasteiger partial charge in [0.05, 0.1) is 12.8 Å². The molecule has 4 rings (SSSR count). The van der Waals surface area contributed by atoms with Crippen molar-refractivity contribution in [3.63, 3.8) is 0 Å². The van der Waals surface area contributed by atoms with Gasteiger partial charge in [0.2, 0.25) is 5.88 Å². The van der Waals surface area contributed by atoms with Gasteiger partial charge in [-0.25, -0.2) is 4.98 Å². The first-order chi connectivity index (χ1) is 11.7. The lowest BCUT2D eigenvalue weighted by Crippen LogP contribution is -2.33. The van der Waals surface area contributed by atoms with E-state index in [-0.39, 0.29) is 17.6 Å². The third-order valence-electron chi connectivity index (χ3n) is 5.20. The van der Waals surface area contributed by atoms with E-state index in [9.17, 15) is 4.79 Å². The summed E-state index contributed by atoms with van der Waals surface area (Å²) in [7, 11) is 1.65. The van der Waals surface area contributed by atoms with E-state index in [0.717, 1.165) is 29.7 Å². The van der Waals surface area contributed by atoms with Crippen LogP contribution in [0.4, 0.5) is 0 Å². The van der Waals surface area contributed by atoms with Crippen molar-refractivity contribution in [3.05, 3.63) is 47.9 Å². The zero-order valence-corrected chi connectivity index (χ0v) is 13.8. The summed E-state index contributed by atoms with van der Waals surface area (Å²) in [5.41, 5.74) is 2.99. The molecule has 24 heavy (non-hydrogen) atoms. The van der Waals surface area contributed by atoms with E-state index in [0.29, 0.717) is 17.6 Å². The van der Waals surface area contributed by atoms with Crippen molar-refractivity contribution in [3.8, 4) is 17.3 Å². The minimum absolute atomic E-state index is 0.0403. The van der Waals surface area contributed by atoms with Gasteiger partial charge in [-0.3, -0.25) is 9.78 Å². The maximum absolute atomic E-state index is 12.0. The number of ether oxygens (including phenoxy) is 1. The first kappa shape index (κ1) is 15.0. The average molecular weight is 321 g/mol. The number of carbonyl (C=O) groups excluding carboxylic acids is 1. The number of carbonyl (C=O) groups is 1. The molecule has 3 atom stereocenters. The lowest BCUT2D eigenvalue weighted by atomic mass is 9.68. The molecule has 2 aliphatic carbocycles. The Morgan fingerprint density at radius 3 is 2.75 bits per heavy atom. The molecule has 0 aromatic carbocycles. The number of aromatic nitrogens is 3. The molecule has 5 heteroatoms. The fraction of sp³-hybridized carbons (Fsp3) is 0.368. The zero-order valence-electron chi connectivity index (χ0n) is 13.8. The fourth-order valence-electron chi connectivity index (χ4n) is 3.84. The highest BCUT2D eigenvalue weighted by molar-refractivity contribution is 5.93. The third-order valence-corrected chi connectivity index (χ3v) is 5.20. The molecule has 0 saturated heterocycles. The summed E-state index contributed by atoms with van der Waals surface area (Å²) in [5.74, 6) is 2.00. The van der Waals surface area contributed by atoms with Crippen molar-refractivity contribution in [1.29, 1.82) is 0 Å². The van der Waals surface area contributed by atoms with E-state index in [1.807, 2.05) is 25.1 Å². The maximum atomic E-state index is 12.0. The van der Waals surface area contributed by atoms with Gasteiger partial charge in [0.15, 0.2) is 11.6 Å². The Bertz CT molecular complexity index is 817. The van der Waals surface area contributed by atoms with Gasteiger partial charge in [0.25, 0.3) is 0 Å². The smallest absolute Gasteiger partial charge is 0.220 e. The summed E-state index contributed by atoms with van der Waals surface area (Å²) >= 11 is 0. The molecule has 0 spiro atoms. The van der Waals surface area contributed by atoms with E-state index in [2.05, 4.69) is 9.97 Å². The van der Waals surface area contributed by atoms with Crippen LogP contribution < -0.4 is 4.74 Å². The van der Waals surface area contributed by atoms with Gasteiger partial charge in [-0.1, -0.05) is 13.0 Å². The van der Waals surface area contributed by atoms with Crippen LogP contribution in [0.25, 0.3) is 11.4 Å². The zero-order chi connectivity index (χ0) is 16.7. The maximum Gasteiger partial charge on any atom is 0.220 e. The predicted octanol–water partition coefficient (Wildman–Crippen LogP) is 2.97. The molecule has 0 aliphatic heterocycles. The molecule has 3 unspecified atom stereocenters. The summed E-state index contributed by atoms with van der Waals surface area (Å²) in [4.78, 5) is 25.5. The van der Waals surface area contributed by atoms with Gasteiger partial charge in [-0.05, 0) is 37.0 Å². The van der Waals surface area contributed by atoms with Gasteiger partial charge < -0.3 is 4.74 Å². The lowest BCUT2D eigenvalue weighted by molar-refractivity contribution is -0.120. The van der Waals surface area contributed by atoms with Crippen LogP contribution in [-0.4, -0.2) is 27.8 Å². The van der Waals surface area contributed by atoms with Gasteiger partial charge in [0, 0.05) is 35.4 Å². The molecule has 0 fully saturated rings. The molecule has 0 radical (unpaired) electrons. The molecular weight excluding hydrogens is 302 g/mol. The topological polar surface area (TPSA) is 65.0 Å². The second-order valence-corrected chi connectivity index (χ2v) is 6.43. The summed E-state index contributed by atoms with van der Waals surface area (Å²) in [5, 5.41) is 0. The first-order valence-corrected chi connectivity index (χ1v) is 8.26. The van der Waals surface area contributed by atoms with Crippen LogP contribution in [0.5, 0.6) is 5.88 Å². The number of rotatable bonds is 2. The highest BCUT2D eigenvalue weighted by Gasteiger charge is 2.39. The molecule has 2 aromatic heterocycles. The molecule has 5 nitrogen and oxygen atoms in total. The van der Waals surface area contributed by atoms with Gasteiger partial charge in [-0.15, -0.1) is 0 Å². The summed E-state index contributed by atoms with van der Waals surface area (Å²) in [6, 6.07) is 3.79. The Morgan fingerprint density at radius 1 is 1.21 bits per heavy atom. The van der Waals surface area contributed by atoms with Crippen molar-refractivity contribution in [1.82, 2.24) is 15.0 Å². The van der Waals surface area contributed by atoms with Crippen LogP contribution in [0.3, 0.4) is 0 Å². The van der Waals surface area contributed by atoms with Crippen LogP contribution >= 0.6 is 0 Å². The number of hydrogen-bond donors (Lipinski definition) is 0. The van der Waals surface area contributed by atoms with Crippen molar-refractivity contribution < 1.29 is 9.53 Å². The van der Waals surface area contributed by atoms with Crippen LogP contribution in [0.15, 0.2) is 36.7 Å². The van der Waals surface area contributed by atoms with Crippen molar-refractivity contribution >= 4 is 5.78 Å². The summed E-state index contributed by atoms with van der Waals surface area (Å²) < 4.78 is 5.54. The van der Waals surface area contributed by atoms with Gasteiger partial charge in [-0.2, -0.15) is 4.98 Å². The Morgan fingerprint density at radius 2 is 2.00 bits per heavy atom. The Balaban J connectivity index is 1.87. The third kappa shape index (κ3) is 2.31. The molecular formula is C19H19N3O2. The minimum Gasteiger partial charge on any atom is -0.481 e. The predicted molar refractivity (Wildman–Crippen MR) is 89.7 cm³/mol. The van der Waals surface area contributed by atoms with E-state index in [4.69, 9.17) is 9.72 Å². The highest BCUT2D eigenvalue weighted by atomic mass is 16.5. The van der Waals surface area contributed by atoms with E-state index in [1.165, 1.54) is 0 Å². The first-order valence-electron chi connectivity index (χ1n) is 8.26. The van der Waals surface area contributed by atoms with Crippen LogP contribution in [0, 0.1) is 11.8 Å². The number of methoxy groups -OCH3 is 1. The van der Waals surface area contributed by atoms with Crippen LogP contribution in [0.2, 0.25) is 0 Å². The minimum atomic E-state index is 0.0403. The number of ketones is 1. The SMILES string of the molecule is COc1nc(-c2ccncc2)nc2c1CCC1C(C)C(=O)C=CC21. The molecule has 2 aromatic rings. The molecule has 0 saturated carbocycles. The number of pyridine rings is 1. The van der Waals surface area contributed by atoms with Crippen molar-refractivity contribution in [2.45, 2.75) is 25.7 Å². The quantitative estimate of drug-likeness (QED) is 0.851. The van der Waals surface area contributed by atoms with E-state index in [1.54, 1.807) is 25.6 Å². The molecule has 122 valence electrons. The second-order valence-electron chi connectivity index (χ2n) is 6.43. The fourth-order valence-corrected chi connectivity index (χ4v) is 3.84. The van der Waals surface area contributed by atoms with Gasteiger partial charge in [0.1, 0.15) is 0 Å². The number of fused-ring (bicyclic) bond motifs is 3. The van der Waals surface area contributed by atoms with E-state index >= 15 is 0 Å². The molecule has 0 amide bonds. The van der Waals surface area contributed by atoms with Crippen molar-refractivity contribution in [2.75, 3.05) is 7.11 Å². The normalized spacial score (nSPS) is 25.1. The lowest BCUT2D eigenvalue weighted by Gasteiger charge is -2.36. The van der Waals surface area contributed by atoms with Gasteiger partial charge >= 0.3 is 0 Å².